The Kier molecular flexibility index (Phi) is 4.63. The summed E-state index contributed by atoms with van der Waals surface area (Å²) in [5, 5.41) is 12.8. The van der Waals surface area contributed by atoms with E-state index in [1.807, 2.05) is 18.2 Å². The van der Waals surface area contributed by atoms with Crippen LogP contribution in [-0.2, 0) is 6.42 Å². The summed E-state index contributed by atoms with van der Waals surface area (Å²) in [6, 6.07) is 7.92. The fourth-order valence-corrected chi connectivity index (χ4v) is 1.55. The second-order valence-corrected chi connectivity index (χ2v) is 4.58. The molecule has 84 valence electrons. The minimum Gasteiger partial charge on any atom is -0.508 e. The van der Waals surface area contributed by atoms with Gasteiger partial charge in [-0.3, -0.25) is 0 Å². The summed E-state index contributed by atoms with van der Waals surface area (Å²) in [6.07, 6.45) is 0.959. The van der Waals surface area contributed by atoms with Gasteiger partial charge in [-0.25, -0.2) is 0 Å². The lowest BCUT2D eigenvalue weighted by Crippen LogP contribution is -2.31. The Labute approximate surface area is 92.3 Å². The molecule has 1 rings (SSSR count). The van der Waals surface area contributed by atoms with Gasteiger partial charge in [-0.05, 0) is 43.5 Å². The molecule has 0 aliphatic carbocycles. The minimum absolute atomic E-state index is 0.351. The highest BCUT2D eigenvalue weighted by molar-refractivity contribution is 5.27. The monoisotopic (exact) mass is 207 g/mol. The molecule has 0 aliphatic rings. The Morgan fingerprint density at radius 3 is 2.60 bits per heavy atom. The molecule has 1 unspecified atom stereocenters. The van der Waals surface area contributed by atoms with Crippen LogP contribution in [0.15, 0.2) is 24.3 Å². The molecule has 0 heterocycles. The van der Waals surface area contributed by atoms with E-state index in [2.05, 4.69) is 26.1 Å². The maximum Gasteiger partial charge on any atom is 0.115 e. The number of nitrogens with one attached hydrogen (secondary N) is 1. The highest BCUT2D eigenvalue weighted by Gasteiger charge is 2.04. The van der Waals surface area contributed by atoms with Crippen LogP contribution in [0.25, 0.3) is 0 Å². The van der Waals surface area contributed by atoms with Gasteiger partial charge >= 0.3 is 0 Å². The van der Waals surface area contributed by atoms with Crippen molar-refractivity contribution in [2.75, 3.05) is 6.54 Å². The van der Waals surface area contributed by atoms with Crippen LogP contribution in [0.4, 0.5) is 0 Å². The van der Waals surface area contributed by atoms with Crippen LogP contribution in [0.5, 0.6) is 5.75 Å². The molecular formula is C13H21NO. The van der Waals surface area contributed by atoms with Crippen LogP contribution in [0.3, 0.4) is 0 Å². The van der Waals surface area contributed by atoms with Gasteiger partial charge in [0.2, 0.25) is 0 Å². The molecular weight excluding hydrogens is 186 g/mol. The molecule has 1 aromatic carbocycles. The zero-order valence-corrected chi connectivity index (χ0v) is 9.83. The van der Waals surface area contributed by atoms with Gasteiger partial charge in [-0.1, -0.05) is 26.0 Å². The van der Waals surface area contributed by atoms with Gasteiger partial charge < -0.3 is 10.4 Å². The van der Waals surface area contributed by atoms with Crippen LogP contribution in [0.2, 0.25) is 0 Å². The molecule has 0 aliphatic heterocycles. The van der Waals surface area contributed by atoms with Crippen molar-refractivity contribution in [3.63, 3.8) is 0 Å². The smallest absolute Gasteiger partial charge is 0.115 e. The predicted octanol–water partition coefficient (Wildman–Crippen LogP) is 2.57. The molecule has 15 heavy (non-hydrogen) atoms. The summed E-state index contributed by atoms with van der Waals surface area (Å²) in [5.41, 5.74) is 1.18. The van der Waals surface area contributed by atoms with Crippen molar-refractivity contribution < 1.29 is 5.11 Å². The summed E-state index contributed by atoms with van der Waals surface area (Å²) >= 11 is 0. The third kappa shape index (κ3) is 4.84. The molecule has 0 spiro atoms. The van der Waals surface area contributed by atoms with E-state index in [1.54, 1.807) is 6.07 Å². The fraction of sp³-hybridized carbons (Fsp3) is 0.538. The van der Waals surface area contributed by atoms with Crippen LogP contribution in [0.1, 0.15) is 26.3 Å². The van der Waals surface area contributed by atoms with Crippen LogP contribution in [0, 0.1) is 5.92 Å². The lowest BCUT2D eigenvalue weighted by Gasteiger charge is -2.15. The summed E-state index contributed by atoms with van der Waals surface area (Å²) in [4.78, 5) is 0. The maximum absolute atomic E-state index is 9.32. The Hall–Kier alpha value is -1.02. The van der Waals surface area contributed by atoms with Crippen molar-refractivity contribution in [1.82, 2.24) is 5.32 Å². The molecule has 0 fully saturated rings. The van der Waals surface area contributed by atoms with E-state index in [9.17, 15) is 5.11 Å². The number of benzene rings is 1. The second kappa shape index (κ2) is 5.76. The number of phenols is 1. The largest absolute Gasteiger partial charge is 0.508 e. The first-order valence-electron chi connectivity index (χ1n) is 5.59. The summed E-state index contributed by atoms with van der Waals surface area (Å²) in [5.74, 6) is 1.03. The van der Waals surface area contributed by atoms with Crippen molar-refractivity contribution in [2.45, 2.75) is 33.2 Å². The normalized spacial score (nSPS) is 13.1. The van der Waals surface area contributed by atoms with Crippen LogP contribution >= 0.6 is 0 Å². The SMILES string of the molecule is CC(C)CNC(C)Cc1cccc(O)c1. The van der Waals surface area contributed by atoms with Crippen molar-refractivity contribution in [3.8, 4) is 5.75 Å². The highest BCUT2D eigenvalue weighted by Crippen LogP contribution is 2.12. The first-order valence-corrected chi connectivity index (χ1v) is 5.59. The van der Waals surface area contributed by atoms with Gasteiger partial charge in [0, 0.05) is 6.04 Å². The number of hydrogen-bond acceptors (Lipinski definition) is 2. The van der Waals surface area contributed by atoms with Gasteiger partial charge in [0.15, 0.2) is 0 Å². The Morgan fingerprint density at radius 1 is 1.27 bits per heavy atom. The van der Waals surface area contributed by atoms with Gasteiger partial charge in [0.05, 0.1) is 0 Å². The standard InChI is InChI=1S/C13H21NO/c1-10(2)9-14-11(3)7-12-5-4-6-13(15)8-12/h4-6,8,10-11,14-15H,7,9H2,1-3H3. The third-order valence-corrected chi connectivity index (χ3v) is 2.33. The number of phenolic OH excluding ortho intramolecular Hbond substituents is 1. The lowest BCUT2D eigenvalue weighted by molar-refractivity contribution is 0.469. The molecule has 0 radical (unpaired) electrons. The highest BCUT2D eigenvalue weighted by atomic mass is 16.3. The Morgan fingerprint density at radius 2 is 2.00 bits per heavy atom. The molecule has 2 heteroatoms. The van der Waals surface area contributed by atoms with Crippen molar-refractivity contribution in [3.05, 3.63) is 29.8 Å². The Balaban J connectivity index is 2.40. The molecule has 0 saturated heterocycles. The van der Waals surface area contributed by atoms with Gasteiger partial charge in [-0.15, -0.1) is 0 Å². The van der Waals surface area contributed by atoms with Gasteiger partial charge in [0.1, 0.15) is 5.75 Å². The molecule has 2 nitrogen and oxygen atoms in total. The lowest BCUT2D eigenvalue weighted by atomic mass is 10.1. The van der Waals surface area contributed by atoms with Crippen molar-refractivity contribution in [2.24, 2.45) is 5.92 Å². The zero-order chi connectivity index (χ0) is 11.3. The fourth-order valence-electron chi connectivity index (χ4n) is 1.55. The maximum atomic E-state index is 9.32. The number of rotatable bonds is 5. The molecule has 0 saturated carbocycles. The first-order chi connectivity index (χ1) is 7.08. The van der Waals surface area contributed by atoms with E-state index >= 15 is 0 Å². The average molecular weight is 207 g/mol. The van der Waals surface area contributed by atoms with Gasteiger partial charge in [0.25, 0.3) is 0 Å². The topological polar surface area (TPSA) is 32.3 Å². The molecule has 1 atom stereocenters. The predicted molar refractivity (Wildman–Crippen MR) is 64.1 cm³/mol. The first kappa shape index (κ1) is 12.1. The van der Waals surface area contributed by atoms with Gasteiger partial charge in [-0.2, -0.15) is 0 Å². The van der Waals surface area contributed by atoms with E-state index in [1.165, 1.54) is 5.56 Å². The molecule has 2 N–H and O–H groups in total. The molecule has 1 aromatic rings. The second-order valence-electron chi connectivity index (χ2n) is 4.58. The number of aromatic hydroxyl groups is 1. The molecule has 0 aromatic heterocycles. The van der Waals surface area contributed by atoms with E-state index in [0.717, 1.165) is 13.0 Å². The molecule has 0 bridgehead atoms. The van der Waals surface area contributed by atoms with E-state index in [4.69, 9.17) is 0 Å². The summed E-state index contributed by atoms with van der Waals surface area (Å²) < 4.78 is 0. The number of hydrogen-bond donors (Lipinski definition) is 2. The van der Waals surface area contributed by atoms with E-state index in [-0.39, 0.29) is 0 Å². The average Bonchev–Trinajstić information content (AvgIpc) is 2.15. The zero-order valence-electron chi connectivity index (χ0n) is 9.83. The van der Waals surface area contributed by atoms with E-state index in [0.29, 0.717) is 17.7 Å². The van der Waals surface area contributed by atoms with E-state index < -0.39 is 0 Å². The summed E-state index contributed by atoms with van der Waals surface area (Å²) in [6.45, 7) is 7.62. The Bertz CT molecular complexity index is 296. The quantitative estimate of drug-likeness (QED) is 0.777. The minimum atomic E-state index is 0.351. The van der Waals surface area contributed by atoms with Crippen LogP contribution in [-0.4, -0.2) is 17.7 Å². The van der Waals surface area contributed by atoms with Crippen molar-refractivity contribution >= 4 is 0 Å². The summed E-state index contributed by atoms with van der Waals surface area (Å²) in [7, 11) is 0. The van der Waals surface area contributed by atoms with Crippen molar-refractivity contribution in [1.29, 1.82) is 0 Å². The molecule has 0 amide bonds. The third-order valence-electron chi connectivity index (χ3n) is 2.33. The van der Waals surface area contributed by atoms with Crippen LogP contribution < -0.4 is 5.32 Å².